The molecule has 0 saturated heterocycles. The molecule has 3 rings (SSSR count). The normalized spacial score (nSPS) is 12.3. The lowest BCUT2D eigenvalue weighted by Gasteiger charge is -2.11. The van der Waals surface area contributed by atoms with Gasteiger partial charge in [-0.3, -0.25) is 0 Å². The summed E-state index contributed by atoms with van der Waals surface area (Å²) in [4.78, 5) is 4.43. The summed E-state index contributed by atoms with van der Waals surface area (Å²) >= 11 is 5.84. The summed E-state index contributed by atoms with van der Waals surface area (Å²) in [6.07, 6.45) is 1.04. The Balaban J connectivity index is 1.53. The molecule has 0 fully saturated rings. The van der Waals surface area contributed by atoms with Crippen LogP contribution >= 0.6 is 11.6 Å². The van der Waals surface area contributed by atoms with Crippen molar-refractivity contribution in [3.05, 3.63) is 77.1 Å². The zero-order valence-corrected chi connectivity index (χ0v) is 13.2. The molecule has 23 heavy (non-hydrogen) atoms. The average molecular weight is 329 g/mol. The largest absolute Gasteiger partial charge is 0.444 e. The van der Waals surface area contributed by atoms with E-state index in [9.17, 15) is 5.11 Å². The molecule has 118 valence electrons. The first-order valence-electron chi connectivity index (χ1n) is 7.36. The van der Waals surface area contributed by atoms with Crippen LogP contribution in [0.25, 0.3) is 11.5 Å². The van der Waals surface area contributed by atoms with Crippen molar-refractivity contribution < 1.29 is 9.52 Å². The quantitative estimate of drug-likeness (QED) is 0.722. The molecule has 0 aliphatic heterocycles. The predicted octanol–water partition coefficient (Wildman–Crippen LogP) is 3.82. The van der Waals surface area contributed by atoms with E-state index < -0.39 is 6.10 Å². The van der Waals surface area contributed by atoms with Crippen LogP contribution in [0.15, 0.2) is 65.3 Å². The van der Waals surface area contributed by atoms with E-state index in [1.807, 2.05) is 42.5 Å². The van der Waals surface area contributed by atoms with E-state index in [0.29, 0.717) is 24.0 Å². The molecule has 0 saturated carbocycles. The molecule has 1 unspecified atom stereocenters. The fourth-order valence-electron chi connectivity index (χ4n) is 2.24. The lowest BCUT2D eigenvalue weighted by molar-refractivity contribution is 0.174. The lowest BCUT2D eigenvalue weighted by atomic mass is 10.1. The van der Waals surface area contributed by atoms with Crippen molar-refractivity contribution in [3.63, 3.8) is 0 Å². The van der Waals surface area contributed by atoms with Gasteiger partial charge in [-0.15, -0.1) is 0 Å². The van der Waals surface area contributed by atoms with Crippen LogP contribution in [-0.2, 0) is 6.54 Å². The first kappa shape index (κ1) is 15.7. The van der Waals surface area contributed by atoms with Crippen LogP contribution in [0.5, 0.6) is 0 Å². The van der Waals surface area contributed by atoms with Crippen LogP contribution < -0.4 is 5.32 Å². The third-order valence-corrected chi connectivity index (χ3v) is 3.72. The molecule has 2 aromatic carbocycles. The van der Waals surface area contributed by atoms with Gasteiger partial charge in [0.05, 0.1) is 11.8 Å². The molecule has 1 atom stereocenters. The first-order chi connectivity index (χ1) is 11.2. The Morgan fingerprint density at radius 2 is 1.83 bits per heavy atom. The van der Waals surface area contributed by atoms with Gasteiger partial charge in [-0.2, -0.15) is 0 Å². The first-order valence-corrected chi connectivity index (χ1v) is 7.74. The molecule has 0 aliphatic rings. The molecule has 3 aromatic rings. The average Bonchev–Trinajstić information content (AvgIpc) is 3.05. The van der Waals surface area contributed by atoms with Crippen LogP contribution in [0, 0.1) is 0 Å². The highest BCUT2D eigenvalue weighted by atomic mass is 35.5. The minimum absolute atomic E-state index is 0.426. The predicted molar refractivity (Wildman–Crippen MR) is 90.1 cm³/mol. The van der Waals surface area contributed by atoms with E-state index in [-0.39, 0.29) is 0 Å². The summed E-state index contributed by atoms with van der Waals surface area (Å²) in [6.45, 7) is 0.955. The number of hydrogen-bond donors (Lipinski definition) is 2. The number of nitrogens with zero attached hydrogens (tertiary/aromatic N) is 1. The van der Waals surface area contributed by atoms with Crippen LogP contribution in [0.3, 0.4) is 0 Å². The Morgan fingerprint density at radius 3 is 2.57 bits per heavy atom. The second-order valence-electron chi connectivity index (χ2n) is 5.21. The highest BCUT2D eigenvalue weighted by Crippen LogP contribution is 2.18. The van der Waals surface area contributed by atoms with Gasteiger partial charge in [0, 0.05) is 23.7 Å². The number of aliphatic hydroxyl groups excluding tert-OH is 1. The van der Waals surface area contributed by atoms with Gasteiger partial charge in [-0.1, -0.05) is 41.9 Å². The minimum atomic E-state index is -0.590. The van der Waals surface area contributed by atoms with Crippen molar-refractivity contribution in [2.75, 3.05) is 6.54 Å². The molecule has 2 N–H and O–H groups in total. The van der Waals surface area contributed by atoms with Crippen molar-refractivity contribution in [2.45, 2.75) is 12.6 Å². The van der Waals surface area contributed by atoms with Crippen molar-refractivity contribution in [1.82, 2.24) is 10.3 Å². The summed E-state index contributed by atoms with van der Waals surface area (Å²) in [6, 6.07) is 16.9. The summed E-state index contributed by atoms with van der Waals surface area (Å²) in [5.41, 5.74) is 2.57. The number of halogens is 1. The van der Waals surface area contributed by atoms with E-state index in [2.05, 4.69) is 10.3 Å². The Kier molecular flexibility index (Phi) is 5.08. The van der Waals surface area contributed by atoms with Gasteiger partial charge < -0.3 is 14.8 Å². The molecule has 4 nitrogen and oxygen atoms in total. The number of oxazole rings is 1. The highest BCUT2D eigenvalue weighted by Gasteiger charge is 2.09. The number of rotatable bonds is 6. The molecule has 1 aromatic heterocycles. The summed E-state index contributed by atoms with van der Waals surface area (Å²) in [5.74, 6) is 0.598. The van der Waals surface area contributed by atoms with Crippen molar-refractivity contribution >= 4 is 11.6 Å². The number of aliphatic hydroxyl groups is 1. The summed E-state index contributed by atoms with van der Waals surface area (Å²) in [5, 5.41) is 14.0. The summed E-state index contributed by atoms with van der Waals surface area (Å²) in [7, 11) is 0. The molecule has 0 aliphatic carbocycles. The van der Waals surface area contributed by atoms with Gasteiger partial charge >= 0.3 is 0 Å². The molecule has 0 amide bonds. The fourth-order valence-corrected chi connectivity index (χ4v) is 2.37. The van der Waals surface area contributed by atoms with Gasteiger partial charge in [0.1, 0.15) is 6.26 Å². The van der Waals surface area contributed by atoms with Crippen LogP contribution in [0.2, 0.25) is 5.02 Å². The van der Waals surface area contributed by atoms with E-state index >= 15 is 0 Å². The van der Waals surface area contributed by atoms with E-state index in [1.165, 1.54) is 0 Å². The van der Waals surface area contributed by atoms with Crippen LogP contribution in [0.1, 0.15) is 17.4 Å². The van der Waals surface area contributed by atoms with Crippen molar-refractivity contribution in [3.8, 4) is 11.5 Å². The minimum Gasteiger partial charge on any atom is -0.444 e. The van der Waals surface area contributed by atoms with Crippen LogP contribution in [-0.4, -0.2) is 16.6 Å². The molecular weight excluding hydrogens is 312 g/mol. The van der Waals surface area contributed by atoms with Gasteiger partial charge in [-0.25, -0.2) is 4.98 Å². The number of nitrogens with one attached hydrogen (secondary N) is 1. The lowest BCUT2D eigenvalue weighted by Crippen LogP contribution is -2.21. The monoisotopic (exact) mass is 328 g/mol. The van der Waals surface area contributed by atoms with Gasteiger partial charge in [0.25, 0.3) is 0 Å². The Morgan fingerprint density at radius 1 is 1.09 bits per heavy atom. The Labute approximate surface area is 139 Å². The van der Waals surface area contributed by atoms with E-state index in [0.717, 1.165) is 16.8 Å². The van der Waals surface area contributed by atoms with Gasteiger partial charge in [0.2, 0.25) is 5.89 Å². The van der Waals surface area contributed by atoms with Crippen LogP contribution in [0.4, 0.5) is 0 Å². The molecule has 5 heteroatoms. The Bertz CT molecular complexity index is 741. The topological polar surface area (TPSA) is 58.3 Å². The smallest absolute Gasteiger partial charge is 0.226 e. The third kappa shape index (κ3) is 4.20. The van der Waals surface area contributed by atoms with Gasteiger partial charge in [-0.05, 0) is 29.8 Å². The second kappa shape index (κ2) is 7.42. The number of aromatic nitrogens is 1. The number of benzene rings is 2. The maximum atomic E-state index is 10.1. The molecule has 1 heterocycles. The van der Waals surface area contributed by atoms with Crippen molar-refractivity contribution in [1.29, 1.82) is 0 Å². The maximum absolute atomic E-state index is 10.1. The SMILES string of the molecule is OC(CNCc1coc(-c2ccccc2)n1)c1ccc(Cl)cc1. The maximum Gasteiger partial charge on any atom is 0.226 e. The van der Waals surface area contributed by atoms with Crippen molar-refractivity contribution in [2.24, 2.45) is 0 Å². The van der Waals surface area contributed by atoms with E-state index in [4.69, 9.17) is 16.0 Å². The highest BCUT2D eigenvalue weighted by molar-refractivity contribution is 6.30. The molecule has 0 spiro atoms. The fraction of sp³-hybridized carbons (Fsp3) is 0.167. The zero-order valence-electron chi connectivity index (χ0n) is 12.4. The summed E-state index contributed by atoms with van der Waals surface area (Å²) < 4.78 is 5.48. The third-order valence-electron chi connectivity index (χ3n) is 3.47. The van der Waals surface area contributed by atoms with E-state index in [1.54, 1.807) is 18.4 Å². The molecule has 0 radical (unpaired) electrons. The number of hydrogen-bond acceptors (Lipinski definition) is 4. The molecule has 0 bridgehead atoms. The standard InChI is InChI=1S/C18H17ClN2O2/c19-15-8-6-13(7-9-15)17(22)11-20-10-16-12-23-18(21-16)14-4-2-1-3-5-14/h1-9,12,17,20,22H,10-11H2. The Hall–Kier alpha value is -2.14. The molecular formula is C18H17ClN2O2. The van der Waals surface area contributed by atoms with Gasteiger partial charge in [0.15, 0.2) is 0 Å². The second-order valence-corrected chi connectivity index (χ2v) is 5.64. The zero-order chi connectivity index (χ0) is 16.1.